The molecular weight excluding hydrogens is 276 g/mol. The highest BCUT2D eigenvalue weighted by atomic mass is 16.6. The molecule has 2 aromatic rings. The molecule has 2 heterocycles. The van der Waals surface area contributed by atoms with Crippen LogP contribution in [0.1, 0.15) is 29.1 Å². The molecule has 0 aromatic carbocycles. The van der Waals surface area contributed by atoms with E-state index in [1.54, 1.807) is 18.5 Å². The first kappa shape index (κ1) is 14.7. The molecule has 0 aliphatic heterocycles. The molecule has 0 spiro atoms. The SMILES string of the molecule is CCn1cc([N+](=O)[O-])cc1C(=O)N(C)Cc1n[nH]c(C)n1. The van der Waals surface area contributed by atoms with Crippen molar-refractivity contribution in [3.63, 3.8) is 0 Å². The van der Waals surface area contributed by atoms with Crippen LogP contribution in [0.5, 0.6) is 0 Å². The molecule has 9 nitrogen and oxygen atoms in total. The number of amides is 1. The first-order valence-corrected chi connectivity index (χ1v) is 6.40. The summed E-state index contributed by atoms with van der Waals surface area (Å²) in [6.45, 7) is 4.29. The van der Waals surface area contributed by atoms with Crippen LogP contribution in [0.3, 0.4) is 0 Å². The summed E-state index contributed by atoms with van der Waals surface area (Å²) >= 11 is 0. The second-order valence-corrected chi connectivity index (χ2v) is 4.62. The highest BCUT2D eigenvalue weighted by molar-refractivity contribution is 5.93. The third-order valence-electron chi connectivity index (χ3n) is 3.02. The molecule has 0 bridgehead atoms. The van der Waals surface area contributed by atoms with Gasteiger partial charge in [0, 0.05) is 19.7 Å². The summed E-state index contributed by atoms with van der Waals surface area (Å²) in [5, 5.41) is 17.5. The lowest BCUT2D eigenvalue weighted by Gasteiger charge is -2.15. The summed E-state index contributed by atoms with van der Waals surface area (Å²) in [6.07, 6.45) is 1.36. The molecule has 1 N–H and O–H groups in total. The monoisotopic (exact) mass is 292 g/mol. The lowest BCUT2D eigenvalue weighted by Crippen LogP contribution is -2.28. The van der Waals surface area contributed by atoms with Gasteiger partial charge < -0.3 is 9.47 Å². The zero-order chi connectivity index (χ0) is 15.6. The van der Waals surface area contributed by atoms with Crippen molar-refractivity contribution in [2.45, 2.75) is 26.9 Å². The Balaban J connectivity index is 2.20. The number of nitrogens with one attached hydrogen (secondary N) is 1. The predicted octanol–water partition coefficient (Wildman–Crippen LogP) is 1.11. The summed E-state index contributed by atoms with van der Waals surface area (Å²) in [4.78, 5) is 28.2. The molecule has 0 saturated carbocycles. The fraction of sp³-hybridized carbons (Fsp3) is 0.417. The number of H-pyrrole nitrogens is 1. The molecule has 0 fully saturated rings. The Kier molecular flexibility index (Phi) is 4.01. The molecule has 2 aromatic heterocycles. The van der Waals surface area contributed by atoms with Crippen LogP contribution in [0, 0.1) is 17.0 Å². The van der Waals surface area contributed by atoms with Gasteiger partial charge in [0.25, 0.3) is 11.6 Å². The Hall–Kier alpha value is -2.71. The van der Waals surface area contributed by atoms with Crippen molar-refractivity contribution in [2.24, 2.45) is 0 Å². The van der Waals surface area contributed by atoms with Gasteiger partial charge in [-0.1, -0.05) is 0 Å². The molecule has 1 amide bonds. The van der Waals surface area contributed by atoms with Crippen molar-refractivity contribution >= 4 is 11.6 Å². The number of carbonyl (C=O) groups is 1. The van der Waals surface area contributed by atoms with Crippen LogP contribution < -0.4 is 0 Å². The second kappa shape index (κ2) is 5.73. The molecule has 0 aliphatic carbocycles. The van der Waals surface area contributed by atoms with Gasteiger partial charge in [0.05, 0.1) is 17.7 Å². The van der Waals surface area contributed by atoms with E-state index in [0.717, 1.165) is 0 Å². The number of nitro groups is 1. The first-order chi connectivity index (χ1) is 9.92. The Morgan fingerprint density at radius 2 is 2.29 bits per heavy atom. The van der Waals surface area contributed by atoms with Crippen LogP contribution in [0.25, 0.3) is 0 Å². The fourth-order valence-electron chi connectivity index (χ4n) is 1.97. The van der Waals surface area contributed by atoms with Crippen LogP contribution in [0.4, 0.5) is 5.69 Å². The third-order valence-corrected chi connectivity index (χ3v) is 3.02. The van der Waals surface area contributed by atoms with E-state index >= 15 is 0 Å². The largest absolute Gasteiger partial charge is 0.337 e. The number of carbonyl (C=O) groups excluding carboxylic acids is 1. The summed E-state index contributed by atoms with van der Waals surface area (Å²) in [6, 6.07) is 1.28. The smallest absolute Gasteiger partial charge is 0.287 e. The van der Waals surface area contributed by atoms with Gasteiger partial charge in [-0.15, -0.1) is 0 Å². The number of hydrogen-bond donors (Lipinski definition) is 1. The van der Waals surface area contributed by atoms with Crippen molar-refractivity contribution in [1.29, 1.82) is 0 Å². The average Bonchev–Trinajstić information content (AvgIpc) is 3.04. The molecular formula is C12H16N6O3. The van der Waals surface area contributed by atoms with Crippen LogP contribution in [-0.2, 0) is 13.1 Å². The molecule has 21 heavy (non-hydrogen) atoms. The molecule has 0 saturated heterocycles. The normalized spacial score (nSPS) is 10.6. The van der Waals surface area contributed by atoms with E-state index in [1.165, 1.54) is 17.2 Å². The zero-order valence-electron chi connectivity index (χ0n) is 12.0. The van der Waals surface area contributed by atoms with Gasteiger partial charge >= 0.3 is 0 Å². The minimum Gasteiger partial charge on any atom is -0.337 e. The third kappa shape index (κ3) is 3.07. The van der Waals surface area contributed by atoms with Gasteiger partial charge in [-0.25, -0.2) is 4.98 Å². The summed E-state index contributed by atoms with van der Waals surface area (Å²) in [5.74, 6) is 0.846. The summed E-state index contributed by atoms with van der Waals surface area (Å²) in [5.41, 5.74) is 0.182. The van der Waals surface area contributed by atoms with E-state index in [1.807, 2.05) is 6.92 Å². The molecule has 2 rings (SSSR count). The molecule has 0 atom stereocenters. The van der Waals surface area contributed by atoms with Crippen molar-refractivity contribution in [2.75, 3.05) is 7.05 Å². The van der Waals surface area contributed by atoms with Gasteiger partial charge in [0.1, 0.15) is 11.5 Å². The number of hydrogen-bond acceptors (Lipinski definition) is 5. The highest BCUT2D eigenvalue weighted by Crippen LogP contribution is 2.18. The van der Waals surface area contributed by atoms with Crippen LogP contribution in [0.15, 0.2) is 12.3 Å². The van der Waals surface area contributed by atoms with Gasteiger partial charge in [-0.3, -0.25) is 20.0 Å². The van der Waals surface area contributed by atoms with E-state index < -0.39 is 4.92 Å². The maximum absolute atomic E-state index is 12.4. The fourth-order valence-corrected chi connectivity index (χ4v) is 1.97. The quantitative estimate of drug-likeness (QED) is 0.655. The van der Waals surface area contributed by atoms with Gasteiger partial charge in [0.2, 0.25) is 0 Å². The standard InChI is InChI=1S/C12H16N6O3/c1-4-17-6-9(18(20)21)5-10(17)12(19)16(3)7-11-13-8(2)14-15-11/h5-6H,4,7H2,1-3H3,(H,13,14,15). The number of nitrogens with zero attached hydrogens (tertiary/aromatic N) is 5. The number of aromatic nitrogens is 4. The Bertz CT molecular complexity index is 674. The van der Waals surface area contributed by atoms with Crippen molar-refractivity contribution in [3.05, 3.63) is 39.7 Å². The summed E-state index contributed by atoms with van der Waals surface area (Å²) in [7, 11) is 1.60. The van der Waals surface area contributed by atoms with E-state index in [4.69, 9.17) is 0 Å². The second-order valence-electron chi connectivity index (χ2n) is 4.62. The predicted molar refractivity (Wildman–Crippen MR) is 73.7 cm³/mol. The topological polar surface area (TPSA) is 110 Å². The Morgan fingerprint density at radius 1 is 1.57 bits per heavy atom. The number of aryl methyl sites for hydroxylation is 2. The van der Waals surface area contributed by atoms with Gasteiger partial charge in [0.15, 0.2) is 5.82 Å². The van der Waals surface area contributed by atoms with Crippen molar-refractivity contribution in [3.8, 4) is 0 Å². The molecule has 0 unspecified atom stereocenters. The van der Waals surface area contributed by atoms with Crippen LogP contribution in [0.2, 0.25) is 0 Å². The van der Waals surface area contributed by atoms with E-state index in [2.05, 4.69) is 15.2 Å². The molecule has 112 valence electrons. The molecule has 0 aliphatic rings. The molecule has 0 radical (unpaired) electrons. The van der Waals surface area contributed by atoms with Crippen LogP contribution in [-0.4, -0.2) is 42.5 Å². The summed E-state index contributed by atoms with van der Waals surface area (Å²) < 4.78 is 1.56. The first-order valence-electron chi connectivity index (χ1n) is 6.40. The minimum atomic E-state index is -0.512. The Labute approximate surface area is 120 Å². The average molecular weight is 292 g/mol. The van der Waals surface area contributed by atoms with Gasteiger partial charge in [-0.05, 0) is 13.8 Å². The van der Waals surface area contributed by atoms with Gasteiger partial charge in [-0.2, -0.15) is 5.10 Å². The maximum Gasteiger partial charge on any atom is 0.287 e. The minimum absolute atomic E-state index is 0.0951. The van der Waals surface area contributed by atoms with Crippen LogP contribution >= 0.6 is 0 Å². The zero-order valence-corrected chi connectivity index (χ0v) is 12.0. The number of aromatic amines is 1. The lowest BCUT2D eigenvalue weighted by molar-refractivity contribution is -0.384. The number of rotatable bonds is 5. The maximum atomic E-state index is 12.4. The van der Waals surface area contributed by atoms with E-state index in [9.17, 15) is 14.9 Å². The van der Waals surface area contributed by atoms with Crippen molar-refractivity contribution in [1.82, 2.24) is 24.6 Å². The Morgan fingerprint density at radius 3 is 2.81 bits per heavy atom. The highest BCUT2D eigenvalue weighted by Gasteiger charge is 2.22. The lowest BCUT2D eigenvalue weighted by atomic mass is 10.3. The van der Waals surface area contributed by atoms with E-state index in [-0.39, 0.29) is 23.8 Å². The van der Waals surface area contributed by atoms with E-state index in [0.29, 0.717) is 18.2 Å². The van der Waals surface area contributed by atoms with Crippen molar-refractivity contribution < 1.29 is 9.72 Å². The molecule has 9 heteroatoms.